The van der Waals surface area contributed by atoms with Gasteiger partial charge in [-0.15, -0.1) is 0 Å². The largest absolute Gasteiger partial charge is 0.495 e. The quantitative estimate of drug-likeness (QED) is 0.883. The molecule has 1 heterocycles. The van der Waals surface area contributed by atoms with Gasteiger partial charge in [0.25, 0.3) is 5.91 Å². The van der Waals surface area contributed by atoms with E-state index >= 15 is 0 Å². The second kappa shape index (κ2) is 7.13. The first-order valence-electron chi connectivity index (χ1n) is 6.87. The molecule has 1 aromatic carbocycles. The summed E-state index contributed by atoms with van der Waals surface area (Å²) in [6.45, 7) is 3.81. The molecule has 1 amide bonds. The number of anilines is 2. The highest BCUT2D eigenvalue weighted by Gasteiger charge is 2.08. The van der Waals surface area contributed by atoms with Crippen LogP contribution in [0, 0.1) is 0 Å². The molecule has 22 heavy (non-hydrogen) atoms. The maximum atomic E-state index is 11.8. The van der Waals surface area contributed by atoms with Crippen LogP contribution in [0.5, 0.6) is 5.75 Å². The van der Waals surface area contributed by atoms with E-state index in [0.717, 1.165) is 11.4 Å². The Morgan fingerprint density at radius 3 is 2.50 bits per heavy atom. The van der Waals surface area contributed by atoms with Crippen molar-refractivity contribution in [1.29, 1.82) is 0 Å². The molecule has 0 spiro atoms. The summed E-state index contributed by atoms with van der Waals surface area (Å²) in [6, 6.07) is 8.94. The van der Waals surface area contributed by atoms with Crippen LogP contribution in [0.1, 0.15) is 24.3 Å². The molecule has 2 aromatic rings. The number of nitrogens with zero attached hydrogens (tertiary/aromatic N) is 1. The minimum Gasteiger partial charge on any atom is -0.495 e. The Labute approximate surface area is 134 Å². The number of carbonyl (C=O) groups excluding carboxylic acids is 1. The fraction of sp³-hybridized carbons (Fsp3) is 0.250. The van der Waals surface area contributed by atoms with Crippen molar-refractivity contribution in [2.75, 3.05) is 12.4 Å². The molecule has 0 fully saturated rings. The van der Waals surface area contributed by atoms with Crippen molar-refractivity contribution in [1.82, 2.24) is 10.3 Å². The van der Waals surface area contributed by atoms with E-state index in [-0.39, 0.29) is 11.9 Å². The van der Waals surface area contributed by atoms with E-state index < -0.39 is 0 Å². The van der Waals surface area contributed by atoms with Crippen LogP contribution in [0.15, 0.2) is 36.5 Å². The first kappa shape index (κ1) is 16.1. The molecule has 6 heteroatoms. The summed E-state index contributed by atoms with van der Waals surface area (Å²) in [5.74, 6) is 0.431. The van der Waals surface area contributed by atoms with Crippen LogP contribution in [0.2, 0.25) is 5.02 Å². The molecule has 116 valence electrons. The van der Waals surface area contributed by atoms with Crippen molar-refractivity contribution in [3.8, 4) is 5.75 Å². The van der Waals surface area contributed by atoms with Crippen LogP contribution in [0.4, 0.5) is 11.4 Å². The monoisotopic (exact) mass is 319 g/mol. The first-order valence-corrected chi connectivity index (χ1v) is 7.25. The molecule has 5 nitrogen and oxygen atoms in total. The molecule has 0 aliphatic rings. The van der Waals surface area contributed by atoms with Crippen molar-refractivity contribution in [3.63, 3.8) is 0 Å². The molecular formula is C16H18ClN3O2. The maximum Gasteiger partial charge on any atom is 0.270 e. The van der Waals surface area contributed by atoms with Gasteiger partial charge in [-0.25, -0.2) is 4.98 Å². The number of carbonyl (C=O) groups is 1. The Kier molecular flexibility index (Phi) is 5.22. The van der Waals surface area contributed by atoms with E-state index in [1.165, 1.54) is 0 Å². The Hall–Kier alpha value is -2.27. The Morgan fingerprint density at radius 2 is 1.95 bits per heavy atom. The first-order chi connectivity index (χ1) is 10.5. The van der Waals surface area contributed by atoms with Gasteiger partial charge in [-0.1, -0.05) is 11.6 Å². The average Bonchev–Trinajstić information content (AvgIpc) is 2.47. The summed E-state index contributed by atoms with van der Waals surface area (Å²) in [4.78, 5) is 16.0. The van der Waals surface area contributed by atoms with Crippen LogP contribution in [-0.2, 0) is 0 Å². The Morgan fingerprint density at radius 1 is 1.23 bits per heavy atom. The van der Waals surface area contributed by atoms with E-state index in [4.69, 9.17) is 16.3 Å². The number of halogens is 1. The number of nitrogens with one attached hydrogen (secondary N) is 2. The predicted molar refractivity (Wildman–Crippen MR) is 88.1 cm³/mol. The molecule has 0 bridgehead atoms. The van der Waals surface area contributed by atoms with Gasteiger partial charge in [0.2, 0.25) is 0 Å². The molecule has 0 aliphatic heterocycles. The number of benzene rings is 1. The molecule has 0 saturated heterocycles. The second-order valence-corrected chi connectivity index (χ2v) is 5.44. The number of hydrogen-bond acceptors (Lipinski definition) is 4. The fourth-order valence-electron chi connectivity index (χ4n) is 1.85. The molecule has 0 saturated carbocycles. The fourth-order valence-corrected chi connectivity index (χ4v) is 2.11. The Balaban J connectivity index is 2.08. The number of aromatic nitrogens is 1. The van der Waals surface area contributed by atoms with Gasteiger partial charge in [-0.2, -0.15) is 0 Å². The molecule has 2 rings (SSSR count). The highest BCUT2D eigenvalue weighted by molar-refractivity contribution is 6.32. The van der Waals surface area contributed by atoms with Crippen LogP contribution < -0.4 is 15.4 Å². The average molecular weight is 320 g/mol. The van der Waals surface area contributed by atoms with Crippen molar-refractivity contribution in [2.24, 2.45) is 0 Å². The third-order valence-electron chi connectivity index (χ3n) is 2.86. The summed E-state index contributed by atoms with van der Waals surface area (Å²) in [7, 11) is 1.57. The molecule has 2 N–H and O–H groups in total. The van der Waals surface area contributed by atoms with Gasteiger partial charge in [0.15, 0.2) is 0 Å². The number of methoxy groups -OCH3 is 1. The number of amides is 1. The van der Waals surface area contributed by atoms with Gasteiger partial charge in [0.1, 0.15) is 11.4 Å². The van der Waals surface area contributed by atoms with Crippen LogP contribution in [0.25, 0.3) is 0 Å². The minimum absolute atomic E-state index is 0.0774. The number of hydrogen-bond donors (Lipinski definition) is 2. The molecule has 0 aliphatic carbocycles. The third-order valence-corrected chi connectivity index (χ3v) is 3.15. The van der Waals surface area contributed by atoms with Gasteiger partial charge in [0, 0.05) is 11.7 Å². The lowest BCUT2D eigenvalue weighted by Crippen LogP contribution is -2.30. The van der Waals surface area contributed by atoms with Crippen LogP contribution >= 0.6 is 11.6 Å². The van der Waals surface area contributed by atoms with Crippen LogP contribution in [-0.4, -0.2) is 24.0 Å². The number of rotatable bonds is 5. The number of pyridine rings is 1. The minimum atomic E-state index is -0.186. The van der Waals surface area contributed by atoms with Gasteiger partial charge in [0.05, 0.1) is 24.0 Å². The zero-order chi connectivity index (χ0) is 16.1. The third kappa shape index (κ3) is 4.11. The Bertz CT molecular complexity index is 657. The highest BCUT2D eigenvalue weighted by Crippen LogP contribution is 2.28. The SMILES string of the molecule is COc1ccc(Nc2ccc(C(=O)NC(C)C)nc2)cc1Cl. The molecule has 0 radical (unpaired) electrons. The van der Waals surface area contributed by atoms with E-state index in [1.807, 2.05) is 19.9 Å². The standard InChI is InChI=1S/C16H18ClN3O2/c1-10(2)19-16(21)14-6-4-12(9-18-14)20-11-5-7-15(22-3)13(17)8-11/h4-10,20H,1-3H3,(H,19,21). The van der Waals surface area contributed by atoms with Gasteiger partial charge >= 0.3 is 0 Å². The summed E-state index contributed by atoms with van der Waals surface area (Å²) < 4.78 is 5.11. The topological polar surface area (TPSA) is 63.2 Å². The van der Waals surface area contributed by atoms with Crippen molar-refractivity contribution in [3.05, 3.63) is 47.2 Å². The van der Waals surface area contributed by atoms with E-state index in [0.29, 0.717) is 16.5 Å². The summed E-state index contributed by atoms with van der Waals surface area (Å²) in [6.07, 6.45) is 1.60. The maximum absolute atomic E-state index is 11.8. The lowest BCUT2D eigenvalue weighted by molar-refractivity contribution is 0.0938. The van der Waals surface area contributed by atoms with Crippen molar-refractivity contribution >= 4 is 28.9 Å². The van der Waals surface area contributed by atoms with Crippen molar-refractivity contribution < 1.29 is 9.53 Å². The predicted octanol–water partition coefficient (Wildman–Crippen LogP) is 3.63. The molecule has 1 aromatic heterocycles. The lowest BCUT2D eigenvalue weighted by atomic mass is 10.2. The molecular weight excluding hydrogens is 302 g/mol. The van der Waals surface area contributed by atoms with Gasteiger partial charge in [-0.05, 0) is 44.2 Å². The smallest absolute Gasteiger partial charge is 0.270 e. The van der Waals surface area contributed by atoms with E-state index in [2.05, 4.69) is 15.6 Å². The zero-order valence-electron chi connectivity index (χ0n) is 12.7. The molecule has 0 atom stereocenters. The summed E-state index contributed by atoms with van der Waals surface area (Å²) in [5.41, 5.74) is 1.96. The highest BCUT2D eigenvalue weighted by atomic mass is 35.5. The van der Waals surface area contributed by atoms with Crippen molar-refractivity contribution in [2.45, 2.75) is 19.9 Å². The number of ether oxygens (including phenoxy) is 1. The normalized spacial score (nSPS) is 10.4. The lowest BCUT2D eigenvalue weighted by Gasteiger charge is -2.10. The van der Waals surface area contributed by atoms with E-state index in [1.54, 1.807) is 37.6 Å². The van der Waals surface area contributed by atoms with E-state index in [9.17, 15) is 4.79 Å². The second-order valence-electron chi connectivity index (χ2n) is 5.03. The summed E-state index contributed by atoms with van der Waals surface area (Å²) in [5, 5.41) is 6.49. The van der Waals surface area contributed by atoms with Gasteiger partial charge < -0.3 is 15.4 Å². The van der Waals surface area contributed by atoms with Gasteiger partial charge in [-0.3, -0.25) is 4.79 Å². The zero-order valence-corrected chi connectivity index (χ0v) is 13.4. The van der Waals surface area contributed by atoms with Crippen LogP contribution in [0.3, 0.4) is 0 Å². The summed E-state index contributed by atoms with van der Waals surface area (Å²) >= 11 is 6.08. The molecule has 0 unspecified atom stereocenters.